The largest absolute Gasteiger partial charge is 0.481 e. The summed E-state index contributed by atoms with van der Waals surface area (Å²) in [6.07, 6.45) is 25.0. The summed E-state index contributed by atoms with van der Waals surface area (Å²) in [5, 5.41) is 19.3. The average Bonchev–Trinajstić information content (AvgIpc) is 2.84. The smallest absolute Gasteiger partial charge is 0.309 e. The molecule has 0 spiro atoms. The zero-order valence-electron chi connectivity index (χ0n) is 26.2. The molecule has 4 heteroatoms. The van der Waals surface area contributed by atoms with Crippen molar-refractivity contribution < 1.29 is 19.8 Å². The van der Waals surface area contributed by atoms with Gasteiger partial charge in [0.1, 0.15) is 0 Å². The van der Waals surface area contributed by atoms with E-state index in [2.05, 4.69) is 34.6 Å². The van der Waals surface area contributed by atoms with Crippen LogP contribution in [-0.2, 0) is 9.59 Å². The molecule has 0 bridgehead atoms. The lowest BCUT2D eigenvalue weighted by Crippen LogP contribution is -2.39. The summed E-state index contributed by atoms with van der Waals surface area (Å²) < 4.78 is 0. The molecule has 1 atom stereocenters. The van der Waals surface area contributed by atoms with Crippen LogP contribution in [0.3, 0.4) is 0 Å². The summed E-state index contributed by atoms with van der Waals surface area (Å²) in [7, 11) is 0. The molecule has 2 N–H and O–H groups in total. The molecule has 0 aliphatic rings. The van der Waals surface area contributed by atoms with Gasteiger partial charge in [0.25, 0.3) is 0 Å². The van der Waals surface area contributed by atoms with Crippen LogP contribution < -0.4 is 0 Å². The van der Waals surface area contributed by atoms with Crippen LogP contribution in [-0.4, -0.2) is 22.2 Å². The van der Waals surface area contributed by atoms with Gasteiger partial charge in [-0.25, -0.2) is 0 Å². The number of rotatable bonds is 28. The fraction of sp³-hybridized carbons (Fsp3) is 0.941. The molecule has 1 unspecified atom stereocenters. The maximum Gasteiger partial charge on any atom is 0.309 e. The van der Waals surface area contributed by atoms with Gasteiger partial charge in [0.15, 0.2) is 0 Å². The Hall–Kier alpha value is -1.06. The SMILES string of the molecule is CCC(CCCCCCCCCCCCC(=O)O)C(CCCCCC(C)C)(CCCCCC(C)C)C(=O)O. The number of aliphatic carboxylic acids is 2. The molecule has 0 saturated heterocycles. The fourth-order valence-corrected chi connectivity index (χ4v) is 6.21. The monoisotopic (exact) mass is 538 g/mol. The Morgan fingerprint density at radius 2 is 0.921 bits per heavy atom. The molecule has 0 aliphatic heterocycles. The van der Waals surface area contributed by atoms with Crippen molar-refractivity contribution in [2.24, 2.45) is 23.2 Å². The standard InChI is InChI=1S/C34H66O4/c1-6-31(25-19-13-11-9-7-8-10-12-14-20-26-32(35)36)34(33(37)38,27-21-15-17-23-29(2)3)28-22-16-18-24-30(4)5/h29-31H,6-28H2,1-5H3,(H,35,36)(H,37,38). The number of carboxylic acid groups (broad SMARTS) is 2. The number of hydrogen-bond acceptors (Lipinski definition) is 2. The second-order valence-electron chi connectivity index (χ2n) is 13.0. The summed E-state index contributed by atoms with van der Waals surface area (Å²) in [5.41, 5.74) is -0.537. The highest BCUT2D eigenvalue weighted by molar-refractivity contribution is 5.75. The van der Waals surface area contributed by atoms with Gasteiger partial charge >= 0.3 is 11.9 Å². The van der Waals surface area contributed by atoms with E-state index in [0.29, 0.717) is 12.3 Å². The molecule has 0 rings (SSSR count). The number of hydrogen-bond donors (Lipinski definition) is 2. The minimum atomic E-state index is -0.681. The van der Waals surface area contributed by atoms with Crippen LogP contribution in [0.15, 0.2) is 0 Å². The fourth-order valence-electron chi connectivity index (χ4n) is 6.21. The highest BCUT2D eigenvalue weighted by atomic mass is 16.4. The van der Waals surface area contributed by atoms with E-state index in [9.17, 15) is 14.7 Å². The van der Waals surface area contributed by atoms with Crippen LogP contribution in [0.4, 0.5) is 0 Å². The predicted octanol–water partition coefficient (Wildman–Crippen LogP) is 11.1. The van der Waals surface area contributed by atoms with E-state index in [4.69, 9.17) is 5.11 Å². The van der Waals surface area contributed by atoms with E-state index < -0.39 is 17.4 Å². The summed E-state index contributed by atoms with van der Waals surface area (Å²) in [4.78, 5) is 23.4. The average molecular weight is 539 g/mol. The molecule has 0 saturated carbocycles. The van der Waals surface area contributed by atoms with Crippen LogP contribution in [0.25, 0.3) is 0 Å². The minimum Gasteiger partial charge on any atom is -0.481 e. The van der Waals surface area contributed by atoms with E-state index >= 15 is 0 Å². The number of unbranched alkanes of at least 4 members (excludes halogenated alkanes) is 13. The molecule has 0 aliphatic carbocycles. The lowest BCUT2D eigenvalue weighted by Gasteiger charge is -2.38. The third-order valence-corrected chi connectivity index (χ3v) is 8.70. The maximum atomic E-state index is 12.9. The van der Waals surface area contributed by atoms with Crippen LogP contribution in [0.1, 0.15) is 182 Å². The van der Waals surface area contributed by atoms with Crippen LogP contribution in [0, 0.1) is 23.2 Å². The minimum absolute atomic E-state index is 0.293. The summed E-state index contributed by atoms with van der Waals surface area (Å²) >= 11 is 0. The second-order valence-corrected chi connectivity index (χ2v) is 13.0. The van der Waals surface area contributed by atoms with E-state index in [1.165, 1.54) is 64.2 Å². The summed E-state index contributed by atoms with van der Waals surface area (Å²) in [5.74, 6) is 0.542. The third-order valence-electron chi connectivity index (χ3n) is 8.70. The normalized spacial score (nSPS) is 12.9. The van der Waals surface area contributed by atoms with Gasteiger partial charge in [0, 0.05) is 6.42 Å². The molecule has 38 heavy (non-hydrogen) atoms. The molecular weight excluding hydrogens is 472 g/mol. The van der Waals surface area contributed by atoms with E-state index in [1.807, 2.05) is 0 Å². The molecular formula is C34H66O4. The Morgan fingerprint density at radius 3 is 1.29 bits per heavy atom. The number of carboxylic acids is 2. The van der Waals surface area contributed by atoms with Gasteiger partial charge in [-0.1, -0.05) is 150 Å². The lowest BCUT2D eigenvalue weighted by atomic mass is 9.65. The molecule has 4 nitrogen and oxygen atoms in total. The van der Waals surface area contributed by atoms with E-state index in [-0.39, 0.29) is 0 Å². The Bertz CT molecular complexity index is 551. The zero-order valence-corrected chi connectivity index (χ0v) is 26.2. The Labute approximate surface area is 237 Å². The highest BCUT2D eigenvalue weighted by Crippen LogP contribution is 2.44. The van der Waals surface area contributed by atoms with Gasteiger partial charge in [-0.05, 0) is 43.4 Å². The van der Waals surface area contributed by atoms with Crippen LogP contribution in [0.2, 0.25) is 0 Å². The maximum absolute atomic E-state index is 12.9. The molecule has 0 heterocycles. The van der Waals surface area contributed by atoms with Gasteiger partial charge < -0.3 is 10.2 Å². The molecule has 0 aromatic heterocycles. The number of carbonyl (C=O) groups is 2. The summed E-state index contributed by atoms with van der Waals surface area (Å²) in [6, 6.07) is 0. The third kappa shape index (κ3) is 19.1. The van der Waals surface area contributed by atoms with Crippen LogP contribution >= 0.6 is 0 Å². The van der Waals surface area contributed by atoms with Gasteiger partial charge in [-0.2, -0.15) is 0 Å². The molecule has 226 valence electrons. The predicted molar refractivity (Wildman–Crippen MR) is 163 cm³/mol. The Kier molecular flexibility index (Phi) is 23.1. The zero-order chi connectivity index (χ0) is 28.7. The first-order valence-corrected chi connectivity index (χ1v) is 16.6. The molecule has 0 fully saturated rings. The molecule has 0 radical (unpaired) electrons. The van der Waals surface area contributed by atoms with Crippen molar-refractivity contribution in [1.82, 2.24) is 0 Å². The van der Waals surface area contributed by atoms with Gasteiger partial charge in [-0.3, -0.25) is 9.59 Å². The van der Waals surface area contributed by atoms with E-state index in [0.717, 1.165) is 88.9 Å². The van der Waals surface area contributed by atoms with Crippen molar-refractivity contribution >= 4 is 11.9 Å². The van der Waals surface area contributed by atoms with Crippen molar-refractivity contribution in [2.45, 2.75) is 182 Å². The topological polar surface area (TPSA) is 74.6 Å². The van der Waals surface area contributed by atoms with E-state index in [1.54, 1.807) is 0 Å². The highest BCUT2D eigenvalue weighted by Gasteiger charge is 2.43. The van der Waals surface area contributed by atoms with Crippen molar-refractivity contribution in [2.75, 3.05) is 0 Å². The van der Waals surface area contributed by atoms with Crippen molar-refractivity contribution in [1.29, 1.82) is 0 Å². The van der Waals surface area contributed by atoms with Crippen molar-refractivity contribution in [3.8, 4) is 0 Å². The quantitative estimate of drug-likeness (QED) is 0.0971. The van der Waals surface area contributed by atoms with Crippen molar-refractivity contribution in [3.63, 3.8) is 0 Å². The van der Waals surface area contributed by atoms with Gasteiger partial charge in [0.2, 0.25) is 0 Å². The molecule has 0 aromatic carbocycles. The first-order valence-electron chi connectivity index (χ1n) is 16.6. The first-order chi connectivity index (χ1) is 18.2. The molecule has 0 amide bonds. The second kappa shape index (κ2) is 23.8. The Morgan fingerprint density at radius 1 is 0.553 bits per heavy atom. The summed E-state index contributed by atoms with van der Waals surface area (Å²) in [6.45, 7) is 11.3. The van der Waals surface area contributed by atoms with Crippen LogP contribution in [0.5, 0.6) is 0 Å². The van der Waals surface area contributed by atoms with Gasteiger partial charge in [0.05, 0.1) is 5.41 Å². The van der Waals surface area contributed by atoms with Gasteiger partial charge in [-0.15, -0.1) is 0 Å². The lowest BCUT2D eigenvalue weighted by molar-refractivity contribution is -0.155. The Balaban J connectivity index is 4.62. The first kappa shape index (κ1) is 36.9. The molecule has 0 aromatic rings. The van der Waals surface area contributed by atoms with Crippen molar-refractivity contribution in [3.05, 3.63) is 0 Å².